The zero-order chi connectivity index (χ0) is 20.7. The maximum Gasteiger partial charge on any atom is 0.191 e. The number of nitrogens with one attached hydrogen (secondary N) is 2. The van der Waals surface area contributed by atoms with E-state index in [4.69, 9.17) is 4.74 Å². The number of anilines is 1. The zero-order valence-electron chi connectivity index (χ0n) is 18.0. The summed E-state index contributed by atoms with van der Waals surface area (Å²) in [5.41, 5.74) is 2.50. The molecule has 0 amide bonds. The van der Waals surface area contributed by atoms with Gasteiger partial charge in [-0.05, 0) is 30.2 Å². The van der Waals surface area contributed by atoms with Crippen LogP contribution < -0.4 is 15.5 Å². The Morgan fingerprint density at radius 2 is 2.03 bits per heavy atom. The lowest BCUT2D eigenvalue weighted by Crippen LogP contribution is -2.43. The Hall–Kier alpha value is -2.60. The van der Waals surface area contributed by atoms with E-state index in [0.29, 0.717) is 6.54 Å². The number of rotatable bonds is 6. The van der Waals surface area contributed by atoms with Crippen LogP contribution >= 0.6 is 0 Å². The van der Waals surface area contributed by atoms with Gasteiger partial charge in [0.25, 0.3) is 0 Å². The molecular weight excluding hydrogens is 362 g/mol. The molecule has 6 heteroatoms. The average Bonchev–Trinajstić information content (AvgIpc) is 2.75. The standard InChI is InChI=1S/C23H33N5O/c1-18-16-28(12-13-29-18)21-14-19(10-11-25-21)15-26-22(24-4)27-17-23(2,3)20-8-6-5-7-9-20/h5-11,14,18H,12-13,15-17H2,1-4H3,(H2,24,26,27). The molecule has 0 saturated carbocycles. The Balaban J connectivity index is 1.55. The SMILES string of the molecule is CN=C(NCc1ccnc(N2CCOC(C)C2)c1)NCC(C)(C)c1ccccc1. The first kappa shape index (κ1) is 21.1. The number of morpholine rings is 1. The highest BCUT2D eigenvalue weighted by molar-refractivity contribution is 5.79. The third-order valence-electron chi connectivity index (χ3n) is 5.31. The summed E-state index contributed by atoms with van der Waals surface area (Å²) in [6.07, 6.45) is 2.12. The highest BCUT2D eigenvalue weighted by atomic mass is 16.5. The van der Waals surface area contributed by atoms with Crippen LogP contribution in [0, 0.1) is 0 Å². The van der Waals surface area contributed by atoms with E-state index >= 15 is 0 Å². The van der Waals surface area contributed by atoms with E-state index in [9.17, 15) is 0 Å². The summed E-state index contributed by atoms with van der Waals surface area (Å²) in [7, 11) is 1.80. The molecule has 2 aromatic rings. The summed E-state index contributed by atoms with van der Waals surface area (Å²) in [5.74, 6) is 1.81. The molecule has 6 nitrogen and oxygen atoms in total. The van der Waals surface area contributed by atoms with Gasteiger partial charge >= 0.3 is 0 Å². The number of ether oxygens (including phenoxy) is 1. The van der Waals surface area contributed by atoms with Crippen molar-refractivity contribution in [1.29, 1.82) is 0 Å². The Morgan fingerprint density at radius 3 is 2.76 bits per heavy atom. The van der Waals surface area contributed by atoms with Crippen molar-refractivity contribution >= 4 is 11.8 Å². The molecule has 1 saturated heterocycles. The molecule has 0 bridgehead atoms. The summed E-state index contributed by atoms with van der Waals surface area (Å²) in [6.45, 7) is 10.6. The van der Waals surface area contributed by atoms with Gasteiger partial charge in [0, 0.05) is 44.8 Å². The van der Waals surface area contributed by atoms with Crippen molar-refractivity contribution in [2.24, 2.45) is 4.99 Å². The monoisotopic (exact) mass is 395 g/mol. The van der Waals surface area contributed by atoms with Crippen molar-refractivity contribution in [2.45, 2.75) is 38.8 Å². The summed E-state index contributed by atoms with van der Waals surface area (Å²) < 4.78 is 5.63. The molecule has 2 heterocycles. The molecule has 1 aromatic heterocycles. The third-order valence-corrected chi connectivity index (χ3v) is 5.31. The molecule has 0 aliphatic carbocycles. The molecule has 1 fully saturated rings. The predicted molar refractivity (Wildman–Crippen MR) is 120 cm³/mol. The van der Waals surface area contributed by atoms with Crippen molar-refractivity contribution in [2.75, 3.05) is 38.2 Å². The van der Waals surface area contributed by atoms with Crippen molar-refractivity contribution in [3.63, 3.8) is 0 Å². The summed E-state index contributed by atoms with van der Waals surface area (Å²) in [4.78, 5) is 11.2. The van der Waals surface area contributed by atoms with Crippen LogP contribution in [0.25, 0.3) is 0 Å². The molecule has 0 radical (unpaired) electrons. The van der Waals surface area contributed by atoms with Crippen molar-refractivity contribution in [3.8, 4) is 0 Å². The van der Waals surface area contributed by atoms with E-state index in [-0.39, 0.29) is 11.5 Å². The predicted octanol–water partition coefficient (Wildman–Crippen LogP) is 2.95. The van der Waals surface area contributed by atoms with Gasteiger partial charge in [-0.2, -0.15) is 0 Å². The van der Waals surface area contributed by atoms with Crippen molar-refractivity contribution in [1.82, 2.24) is 15.6 Å². The molecule has 1 atom stereocenters. The minimum atomic E-state index is 0.00967. The van der Waals surface area contributed by atoms with Crippen LogP contribution in [0.4, 0.5) is 5.82 Å². The van der Waals surface area contributed by atoms with Gasteiger partial charge in [-0.3, -0.25) is 4.99 Å². The third kappa shape index (κ3) is 5.94. The number of aromatic nitrogens is 1. The number of nitrogens with zero attached hydrogens (tertiary/aromatic N) is 3. The molecule has 156 valence electrons. The van der Waals surface area contributed by atoms with Crippen LogP contribution in [-0.2, 0) is 16.7 Å². The first-order valence-corrected chi connectivity index (χ1v) is 10.3. The Morgan fingerprint density at radius 1 is 1.24 bits per heavy atom. The van der Waals surface area contributed by atoms with Gasteiger partial charge in [0.1, 0.15) is 5.82 Å². The Bertz CT molecular complexity index is 806. The fourth-order valence-electron chi connectivity index (χ4n) is 3.47. The molecule has 1 aliphatic rings. The number of hydrogen-bond donors (Lipinski definition) is 2. The van der Waals surface area contributed by atoms with E-state index in [1.165, 1.54) is 11.1 Å². The van der Waals surface area contributed by atoms with Crippen LogP contribution in [0.1, 0.15) is 31.9 Å². The Labute approximate surface area is 174 Å². The quantitative estimate of drug-likeness (QED) is 0.582. The molecule has 0 spiro atoms. The number of pyridine rings is 1. The lowest BCUT2D eigenvalue weighted by molar-refractivity contribution is 0.0529. The number of hydrogen-bond acceptors (Lipinski definition) is 4. The smallest absolute Gasteiger partial charge is 0.191 e. The van der Waals surface area contributed by atoms with E-state index in [0.717, 1.165) is 38.0 Å². The highest BCUT2D eigenvalue weighted by Crippen LogP contribution is 2.21. The largest absolute Gasteiger partial charge is 0.375 e. The zero-order valence-corrected chi connectivity index (χ0v) is 18.0. The minimum Gasteiger partial charge on any atom is -0.375 e. The average molecular weight is 396 g/mol. The fraction of sp³-hybridized carbons (Fsp3) is 0.478. The minimum absolute atomic E-state index is 0.00967. The van der Waals surface area contributed by atoms with Gasteiger partial charge in [0.05, 0.1) is 12.7 Å². The fourth-order valence-corrected chi connectivity index (χ4v) is 3.47. The highest BCUT2D eigenvalue weighted by Gasteiger charge is 2.21. The van der Waals surface area contributed by atoms with E-state index in [1.54, 1.807) is 7.05 Å². The lowest BCUT2D eigenvalue weighted by Gasteiger charge is -2.32. The number of aliphatic imine (C=N–C) groups is 1. The van der Waals surface area contributed by atoms with E-state index < -0.39 is 0 Å². The van der Waals surface area contributed by atoms with Crippen molar-refractivity contribution < 1.29 is 4.74 Å². The van der Waals surface area contributed by atoms with Gasteiger partial charge in [0.2, 0.25) is 0 Å². The lowest BCUT2D eigenvalue weighted by atomic mass is 9.85. The van der Waals surface area contributed by atoms with Crippen LogP contribution in [0.15, 0.2) is 53.7 Å². The van der Waals surface area contributed by atoms with Gasteiger partial charge in [-0.15, -0.1) is 0 Å². The van der Waals surface area contributed by atoms with E-state index in [2.05, 4.69) is 76.6 Å². The van der Waals surface area contributed by atoms with Crippen LogP contribution in [0.3, 0.4) is 0 Å². The molecule has 3 rings (SSSR count). The van der Waals surface area contributed by atoms with Gasteiger partial charge in [-0.1, -0.05) is 44.2 Å². The van der Waals surface area contributed by atoms with Crippen LogP contribution in [0.2, 0.25) is 0 Å². The maximum atomic E-state index is 5.63. The first-order chi connectivity index (χ1) is 14.0. The van der Waals surface area contributed by atoms with Gasteiger partial charge < -0.3 is 20.3 Å². The van der Waals surface area contributed by atoms with Crippen LogP contribution in [-0.4, -0.2) is 50.3 Å². The summed E-state index contributed by atoms with van der Waals surface area (Å²) in [6, 6.07) is 14.7. The Kier molecular flexibility index (Phi) is 7.09. The molecular formula is C23H33N5O. The second kappa shape index (κ2) is 9.74. The summed E-state index contributed by atoms with van der Waals surface area (Å²) in [5, 5.41) is 6.88. The molecule has 1 aromatic carbocycles. The molecule has 1 unspecified atom stereocenters. The van der Waals surface area contributed by atoms with Crippen molar-refractivity contribution in [3.05, 3.63) is 59.8 Å². The second-order valence-corrected chi connectivity index (χ2v) is 8.18. The van der Waals surface area contributed by atoms with E-state index in [1.807, 2.05) is 18.3 Å². The first-order valence-electron chi connectivity index (χ1n) is 10.3. The maximum absolute atomic E-state index is 5.63. The molecule has 1 aliphatic heterocycles. The molecule has 29 heavy (non-hydrogen) atoms. The topological polar surface area (TPSA) is 61.8 Å². The normalized spacial score (nSPS) is 17.9. The summed E-state index contributed by atoms with van der Waals surface area (Å²) >= 11 is 0. The number of guanidine groups is 1. The number of benzene rings is 1. The van der Waals surface area contributed by atoms with Gasteiger partial charge in [-0.25, -0.2) is 4.98 Å². The second-order valence-electron chi connectivity index (χ2n) is 8.18. The van der Waals surface area contributed by atoms with Crippen LogP contribution in [0.5, 0.6) is 0 Å². The van der Waals surface area contributed by atoms with Gasteiger partial charge in [0.15, 0.2) is 5.96 Å². The molecule has 2 N–H and O–H groups in total.